The molecular weight excluding hydrogens is 212 g/mol. The minimum absolute atomic E-state index is 0.134. The number of hydrogen-bond donors (Lipinski definition) is 1. The van der Waals surface area contributed by atoms with Gasteiger partial charge in [-0.25, -0.2) is 0 Å². The molecule has 86 valence electrons. The summed E-state index contributed by atoms with van der Waals surface area (Å²) >= 11 is 1.92. The highest BCUT2D eigenvalue weighted by molar-refractivity contribution is 7.99. The summed E-state index contributed by atoms with van der Waals surface area (Å²) in [6.45, 7) is 2.15. The number of carbonyl (C=O) groups is 1. The highest BCUT2D eigenvalue weighted by atomic mass is 32.2. The van der Waals surface area contributed by atoms with Crippen LogP contribution in [0.2, 0.25) is 0 Å². The highest BCUT2D eigenvalue weighted by Crippen LogP contribution is 2.22. The summed E-state index contributed by atoms with van der Waals surface area (Å²) < 4.78 is 5.46. The normalized spacial score (nSPS) is 31.5. The Morgan fingerprint density at radius 2 is 2.47 bits per heavy atom. The van der Waals surface area contributed by atoms with E-state index in [-0.39, 0.29) is 12.0 Å². The van der Waals surface area contributed by atoms with Gasteiger partial charge in [0.2, 0.25) is 0 Å². The highest BCUT2D eigenvalue weighted by Gasteiger charge is 2.30. The zero-order valence-electron chi connectivity index (χ0n) is 9.07. The zero-order valence-corrected chi connectivity index (χ0v) is 9.89. The summed E-state index contributed by atoms with van der Waals surface area (Å²) in [5.74, 6) is 2.38. The maximum Gasteiger partial charge on any atom is 0.253 e. The van der Waals surface area contributed by atoms with Gasteiger partial charge in [0.1, 0.15) is 6.10 Å². The lowest BCUT2D eigenvalue weighted by atomic mass is 10.2. The van der Waals surface area contributed by atoms with E-state index in [1.807, 2.05) is 23.7 Å². The second-order valence-electron chi connectivity index (χ2n) is 4.03. The SMILES string of the molecule is CN(C(=O)C1CNCCO1)C1CCSC1. The molecule has 2 aliphatic rings. The number of ether oxygens (including phenoxy) is 1. The molecule has 0 aliphatic carbocycles. The average molecular weight is 230 g/mol. The molecule has 0 spiro atoms. The van der Waals surface area contributed by atoms with Gasteiger partial charge in [0.15, 0.2) is 0 Å². The minimum Gasteiger partial charge on any atom is -0.366 e. The Bertz CT molecular complexity index is 225. The van der Waals surface area contributed by atoms with Crippen LogP contribution in [0.1, 0.15) is 6.42 Å². The summed E-state index contributed by atoms with van der Waals surface area (Å²) in [4.78, 5) is 13.9. The van der Waals surface area contributed by atoms with E-state index in [1.54, 1.807) is 0 Å². The van der Waals surface area contributed by atoms with E-state index in [9.17, 15) is 4.79 Å². The quantitative estimate of drug-likeness (QED) is 0.721. The monoisotopic (exact) mass is 230 g/mol. The van der Waals surface area contributed by atoms with Gasteiger partial charge in [-0.1, -0.05) is 0 Å². The zero-order chi connectivity index (χ0) is 10.7. The van der Waals surface area contributed by atoms with E-state index in [4.69, 9.17) is 4.74 Å². The molecule has 0 bridgehead atoms. The van der Waals surface area contributed by atoms with Crippen molar-refractivity contribution in [2.45, 2.75) is 18.6 Å². The lowest BCUT2D eigenvalue weighted by Crippen LogP contribution is -2.51. The molecule has 0 aromatic rings. The van der Waals surface area contributed by atoms with Crippen molar-refractivity contribution >= 4 is 17.7 Å². The van der Waals surface area contributed by atoms with Gasteiger partial charge in [0.05, 0.1) is 6.61 Å². The maximum atomic E-state index is 12.0. The fourth-order valence-corrected chi connectivity index (χ4v) is 3.23. The van der Waals surface area contributed by atoms with Gasteiger partial charge < -0.3 is 15.0 Å². The molecule has 1 amide bonds. The predicted octanol–water partition coefficient (Wildman–Crippen LogP) is -0.0613. The molecule has 0 radical (unpaired) electrons. The first-order valence-corrected chi connectivity index (χ1v) is 6.61. The van der Waals surface area contributed by atoms with Crippen LogP contribution in [0.25, 0.3) is 0 Å². The topological polar surface area (TPSA) is 41.6 Å². The molecule has 5 heteroatoms. The molecule has 2 atom stereocenters. The van der Waals surface area contributed by atoms with Crippen molar-refractivity contribution in [3.05, 3.63) is 0 Å². The van der Waals surface area contributed by atoms with Crippen molar-refractivity contribution in [3.8, 4) is 0 Å². The van der Waals surface area contributed by atoms with E-state index in [1.165, 1.54) is 5.75 Å². The number of hydrogen-bond acceptors (Lipinski definition) is 4. The van der Waals surface area contributed by atoms with Gasteiger partial charge in [0, 0.05) is 31.9 Å². The smallest absolute Gasteiger partial charge is 0.253 e. The van der Waals surface area contributed by atoms with Gasteiger partial charge in [0.25, 0.3) is 5.91 Å². The second kappa shape index (κ2) is 5.18. The molecule has 2 unspecified atom stereocenters. The number of morpholine rings is 1. The van der Waals surface area contributed by atoms with Crippen molar-refractivity contribution in [2.75, 3.05) is 38.2 Å². The Hall–Kier alpha value is -0.260. The third-order valence-electron chi connectivity index (χ3n) is 3.00. The summed E-state index contributed by atoms with van der Waals surface area (Å²) in [5, 5.41) is 3.18. The number of nitrogens with zero attached hydrogens (tertiary/aromatic N) is 1. The van der Waals surface area contributed by atoms with Crippen LogP contribution in [0.5, 0.6) is 0 Å². The number of nitrogens with one attached hydrogen (secondary N) is 1. The first-order chi connectivity index (χ1) is 7.29. The van der Waals surface area contributed by atoms with Crippen LogP contribution in [-0.4, -0.2) is 61.2 Å². The Balaban J connectivity index is 1.87. The summed E-state index contributed by atoms with van der Waals surface area (Å²) in [6.07, 6.45) is 0.849. The van der Waals surface area contributed by atoms with Gasteiger partial charge in [-0.05, 0) is 12.2 Å². The number of thioether (sulfide) groups is 1. The fourth-order valence-electron chi connectivity index (χ4n) is 1.96. The van der Waals surface area contributed by atoms with Crippen LogP contribution in [0.4, 0.5) is 0 Å². The Labute approximate surface area is 94.7 Å². The second-order valence-corrected chi connectivity index (χ2v) is 5.18. The predicted molar refractivity (Wildman–Crippen MR) is 61.1 cm³/mol. The Kier molecular flexibility index (Phi) is 3.88. The van der Waals surface area contributed by atoms with Crippen LogP contribution < -0.4 is 5.32 Å². The fraction of sp³-hybridized carbons (Fsp3) is 0.900. The molecule has 0 aromatic carbocycles. The molecule has 2 heterocycles. The van der Waals surface area contributed by atoms with E-state index in [2.05, 4.69) is 5.32 Å². The molecule has 2 aliphatic heterocycles. The van der Waals surface area contributed by atoms with E-state index >= 15 is 0 Å². The molecule has 2 fully saturated rings. The molecule has 0 saturated carbocycles. The van der Waals surface area contributed by atoms with Crippen molar-refractivity contribution in [3.63, 3.8) is 0 Å². The number of likely N-dealkylation sites (N-methyl/N-ethyl adjacent to an activating group) is 1. The lowest BCUT2D eigenvalue weighted by Gasteiger charge is -2.30. The Morgan fingerprint density at radius 1 is 1.60 bits per heavy atom. The number of rotatable bonds is 2. The van der Waals surface area contributed by atoms with Crippen molar-refractivity contribution < 1.29 is 9.53 Å². The average Bonchev–Trinajstić information content (AvgIpc) is 2.82. The molecule has 15 heavy (non-hydrogen) atoms. The minimum atomic E-state index is -0.269. The van der Waals surface area contributed by atoms with Crippen LogP contribution >= 0.6 is 11.8 Å². The number of carbonyl (C=O) groups excluding carboxylic acids is 1. The standard InChI is InChI=1S/C10H18N2O2S/c1-12(8-2-5-15-7-8)10(13)9-6-11-3-4-14-9/h8-9,11H,2-7H2,1H3. The van der Waals surface area contributed by atoms with Gasteiger partial charge >= 0.3 is 0 Å². The molecular formula is C10H18N2O2S. The summed E-state index contributed by atoms with van der Waals surface area (Å²) in [5.41, 5.74) is 0. The molecule has 2 rings (SSSR count). The first-order valence-electron chi connectivity index (χ1n) is 5.46. The third-order valence-corrected chi connectivity index (χ3v) is 4.15. The molecule has 0 aromatic heterocycles. The molecule has 1 N–H and O–H groups in total. The van der Waals surface area contributed by atoms with E-state index < -0.39 is 0 Å². The van der Waals surface area contributed by atoms with Crippen LogP contribution in [-0.2, 0) is 9.53 Å². The lowest BCUT2D eigenvalue weighted by molar-refractivity contribution is -0.145. The van der Waals surface area contributed by atoms with Crippen molar-refractivity contribution in [1.29, 1.82) is 0 Å². The van der Waals surface area contributed by atoms with Crippen molar-refractivity contribution in [1.82, 2.24) is 10.2 Å². The largest absolute Gasteiger partial charge is 0.366 e. The molecule has 2 saturated heterocycles. The third kappa shape index (κ3) is 2.65. The van der Waals surface area contributed by atoms with Gasteiger partial charge in [-0.3, -0.25) is 4.79 Å². The molecule has 4 nitrogen and oxygen atoms in total. The van der Waals surface area contributed by atoms with Gasteiger partial charge in [-0.15, -0.1) is 0 Å². The summed E-state index contributed by atoms with van der Waals surface area (Å²) in [7, 11) is 1.90. The van der Waals surface area contributed by atoms with Gasteiger partial charge in [-0.2, -0.15) is 11.8 Å². The first kappa shape index (κ1) is 11.2. The van der Waals surface area contributed by atoms with Crippen LogP contribution in [0.3, 0.4) is 0 Å². The Morgan fingerprint density at radius 3 is 3.07 bits per heavy atom. The van der Waals surface area contributed by atoms with Crippen LogP contribution in [0.15, 0.2) is 0 Å². The van der Waals surface area contributed by atoms with E-state index in [0.29, 0.717) is 19.2 Å². The van der Waals surface area contributed by atoms with Crippen molar-refractivity contribution in [2.24, 2.45) is 0 Å². The number of amides is 1. The maximum absolute atomic E-state index is 12.0. The van der Waals surface area contributed by atoms with E-state index in [0.717, 1.165) is 18.7 Å². The van der Waals surface area contributed by atoms with Crippen LogP contribution in [0, 0.1) is 0 Å². The summed E-state index contributed by atoms with van der Waals surface area (Å²) in [6, 6.07) is 0.410.